The molecule has 1 heterocycles. The summed E-state index contributed by atoms with van der Waals surface area (Å²) >= 11 is 3.44. The summed E-state index contributed by atoms with van der Waals surface area (Å²) in [6.45, 7) is 0. The lowest BCUT2D eigenvalue weighted by molar-refractivity contribution is 0.601. The molecular formula is C22H16BrFN2O3S. The first-order valence-corrected chi connectivity index (χ1v) is 11.2. The first kappa shape index (κ1) is 20.3. The minimum Gasteiger partial charge on any atom is -0.311 e. The van der Waals surface area contributed by atoms with E-state index in [-0.39, 0.29) is 16.3 Å². The first-order chi connectivity index (χ1) is 14.3. The van der Waals surface area contributed by atoms with Gasteiger partial charge in [0.05, 0.1) is 20.6 Å². The SMILES string of the molecule is Cn1c(=O)ccc2c(Br)c(NS(=O)(=O)c3ccc(-c4ccc(F)cc4)cc3)ccc21. The van der Waals surface area contributed by atoms with Crippen LogP contribution in [0.25, 0.3) is 22.0 Å². The smallest absolute Gasteiger partial charge is 0.261 e. The Bertz CT molecular complexity index is 1410. The average Bonchev–Trinajstić information content (AvgIpc) is 2.73. The predicted molar refractivity (Wildman–Crippen MR) is 120 cm³/mol. The molecule has 8 heteroatoms. The van der Waals surface area contributed by atoms with Crippen molar-refractivity contribution in [2.45, 2.75) is 4.90 Å². The normalized spacial score (nSPS) is 11.6. The molecule has 4 aromatic rings. The number of anilines is 1. The number of fused-ring (bicyclic) bond motifs is 1. The van der Waals surface area contributed by atoms with Crippen molar-refractivity contribution in [3.8, 4) is 11.1 Å². The number of nitrogens with one attached hydrogen (secondary N) is 1. The number of pyridine rings is 1. The van der Waals surface area contributed by atoms with Gasteiger partial charge in [0.1, 0.15) is 5.82 Å². The minimum atomic E-state index is -3.84. The van der Waals surface area contributed by atoms with Gasteiger partial charge in [0.2, 0.25) is 0 Å². The topological polar surface area (TPSA) is 68.2 Å². The summed E-state index contributed by atoms with van der Waals surface area (Å²) < 4.78 is 43.4. The number of aromatic nitrogens is 1. The number of benzene rings is 3. The number of hydrogen-bond acceptors (Lipinski definition) is 3. The molecule has 5 nitrogen and oxygen atoms in total. The maximum atomic E-state index is 13.1. The fraction of sp³-hybridized carbons (Fsp3) is 0.0455. The van der Waals surface area contributed by atoms with Gasteiger partial charge in [-0.2, -0.15) is 0 Å². The van der Waals surface area contributed by atoms with E-state index in [9.17, 15) is 17.6 Å². The Hall–Kier alpha value is -2.97. The summed E-state index contributed by atoms with van der Waals surface area (Å²) in [4.78, 5) is 11.9. The predicted octanol–water partition coefficient (Wildman–Crippen LogP) is 4.91. The summed E-state index contributed by atoms with van der Waals surface area (Å²) in [5.74, 6) is -0.330. The number of aryl methyl sites for hydroxylation is 1. The van der Waals surface area contributed by atoms with Crippen LogP contribution in [0.5, 0.6) is 0 Å². The monoisotopic (exact) mass is 486 g/mol. The molecule has 0 aliphatic heterocycles. The molecule has 152 valence electrons. The lowest BCUT2D eigenvalue weighted by atomic mass is 10.1. The van der Waals surface area contributed by atoms with Gasteiger partial charge < -0.3 is 4.57 Å². The quantitative estimate of drug-likeness (QED) is 0.445. The van der Waals surface area contributed by atoms with Crippen LogP contribution in [0.3, 0.4) is 0 Å². The van der Waals surface area contributed by atoms with E-state index in [1.165, 1.54) is 34.9 Å². The zero-order valence-corrected chi connectivity index (χ0v) is 18.2. The Morgan fingerprint density at radius 2 is 1.47 bits per heavy atom. The Kier molecular flexibility index (Phi) is 5.21. The lowest BCUT2D eigenvalue weighted by Gasteiger charge is -2.13. The summed E-state index contributed by atoms with van der Waals surface area (Å²) in [6, 6.07) is 18.7. The van der Waals surface area contributed by atoms with Crippen molar-refractivity contribution >= 4 is 42.5 Å². The van der Waals surface area contributed by atoms with Gasteiger partial charge in [0.15, 0.2) is 0 Å². The molecule has 0 saturated heterocycles. The van der Waals surface area contributed by atoms with Crippen molar-refractivity contribution in [3.63, 3.8) is 0 Å². The molecule has 0 radical (unpaired) electrons. The van der Waals surface area contributed by atoms with E-state index in [4.69, 9.17) is 0 Å². The summed E-state index contributed by atoms with van der Waals surface area (Å²) in [5.41, 5.74) is 2.46. The van der Waals surface area contributed by atoms with Crippen LogP contribution < -0.4 is 10.3 Å². The Morgan fingerprint density at radius 3 is 2.10 bits per heavy atom. The molecule has 0 fully saturated rings. The fourth-order valence-corrected chi connectivity index (χ4v) is 4.94. The molecule has 0 amide bonds. The summed E-state index contributed by atoms with van der Waals surface area (Å²) in [5, 5.41) is 0.712. The van der Waals surface area contributed by atoms with E-state index in [0.29, 0.717) is 21.1 Å². The van der Waals surface area contributed by atoms with Crippen LogP contribution in [-0.4, -0.2) is 13.0 Å². The van der Waals surface area contributed by atoms with E-state index in [0.717, 1.165) is 11.1 Å². The van der Waals surface area contributed by atoms with Crippen molar-refractivity contribution in [2.24, 2.45) is 7.05 Å². The number of rotatable bonds is 4. The van der Waals surface area contributed by atoms with Crippen LogP contribution in [0.2, 0.25) is 0 Å². The van der Waals surface area contributed by atoms with Crippen molar-refractivity contribution in [2.75, 3.05) is 4.72 Å². The number of halogens is 2. The highest BCUT2D eigenvalue weighted by molar-refractivity contribution is 9.10. The third kappa shape index (κ3) is 3.76. The molecule has 0 saturated carbocycles. The zero-order valence-electron chi connectivity index (χ0n) is 15.8. The van der Waals surface area contributed by atoms with E-state index in [1.54, 1.807) is 49.5 Å². The van der Waals surface area contributed by atoms with Crippen LogP contribution in [0, 0.1) is 5.82 Å². The molecule has 0 unspecified atom stereocenters. The van der Waals surface area contributed by atoms with Crippen LogP contribution in [0.15, 0.2) is 87.0 Å². The van der Waals surface area contributed by atoms with E-state index >= 15 is 0 Å². The highest BCUT2D eigenvalue weighted by Gasteiger charge is 2.17. The number of nitrogens with zero attached hydrogens (tertiary/aromatic N) is 1. The van der Waals surface area contributed by atoms with Gasteiger partial charge in [-0.15, -0.1) is 0 Å². The molecule has 4 rings (SSSR count). The van der Waals surface area contributed by atoms with E-state index in [1.807, 2.05) is 0 Å². The van der Waals surface area contributed by atoms with Crippen LogP contribution in [0.4, 0.5) is 10.1 Å². The second kappa shape index (κ2) is 7.70. The second-order valence-corrected chi connectivity index (χ2v) is 9.20. The van der Waals surface area contributed by atoms with Gasteiger partial charge in [-0.1, -0.05) is 24.3 Å². The molecule has 1 aromatic heterocycles. The number of sulfonamides is 1. The molecule has 0 bridgehead atoms. The van der Waals surface area contributed by atoms with Crippen LogP contribution >= 0.6 is 15.9 Å². The fourth-order valence-electron chi connectivity index (χ4n) is 3.17. The highest BCUT2D eigenvalue weighted by Crippen LogP contribution is 2.32. The molecule has 0 aliphatic carbocycles. The van der Waals surface area contributed by atoms with Crippen molar-refractivity contribution in [1.82, 2.24) is 4.57 Å². The summed E-state index contributed by atoms with van der Waals surface area (Å²) in [6.07, 6.45) is 0. The van der Waals surface area contributed by atoms with Crippen molar-refractivity contribution in [3.05, 3.63) is 93.4 Å². The van der Waals surface area contributed by atoms with Gasteiger partial charge in [-0.25, -0.2) is 12.8 Å². The highest BCUT2D eigenvalue weighted by atomic mass is 79.9. The van der Waals surface area contributed by atoms with Gasteiger partial charge >= 0.3 is 0 Å². The van der Waals surface area contributed by atoms with Gasteiger partial charge in [-0.05, 0) is 69.5 Å². The lowest BCUT2D eigenvalue weighted by Crippen LogP contribution is -2.16. The van der Waals surface area contributed by atoms with Gasteiger partial charge in [0, 0.05) is 18.5 Å². The first-order valence-electron chi connectivity index (χ1n) is 8.93. The molecule has 3 aromatic carbocycles. The van der Waals surface area contributed by atoms with Crippen LogP contribution in [0.1, 0.15) is 0 Å². The molecular weight excluding hydrogens is 471 g/mol. The third-order valence-electron chi connectivity index (χ3n) is 4.83. The standard InChI is InChI=1S/C22H16BrFN2O3S/c1-26-20-12-11-19(22(23)18(20)10-13-21(26)27)25-30(28,29)17-8-4-15(5-9-17)14-2-6-16(24)7-3-14/h2-13,25H,1H3. The van der Waals surface area contributed by atoms with E-state index in [2.05, 4.69) is 20.7 Å². The number of hydrogen-bond donors (Lipinski definition) is 1. The minimum absolute atomic E-state index is 0.0980. The maximum absolute atomic E-state index is 13.1. The van der Waals surface area contributed by atoms with Crippen molar-refractivity contribution in [1.29, 1.82) is 0 Å². The Balaban J connectivity index is 1.66. The van der Waals surface area contributed by atoms with Gasteiger partial charge in [0.25, 0.3) is 15.6 Å². The van der Waals surface area contributed by atoms with Crippen molar-refractivity contribution < 1.29 is 12.8 Å². The summed E-state index contributed by atoms with van der Waals surface area (Å²) in [7, 11) is -2.18. The molecule has 0 spiro atoms. The maximum Gasteiger partial charge on any atom is 0.261 e. The van der Waals surface area contributed by atoms with Crippen LogP contribution in [-0.2, 0) is 17.1 Å². The average molecular weight is 487 g/mol. The third-order valence-corrected chi connectivity index (χ3v) is 7.06. The largest absolute Gasteiger partial charge is 0.311 e. The molecule has 0 atom stereocenters. The Morgan fingerprint density at radius 1 is 0.867 bits per heavy atom. The zero-order chi connectivity index (χ0) is 21.5. The molecule has 1 N–H and O–H groups in total. The molecule has 30 heavy (non-hydrogen) atoms. The van der Waals surface area contributed by atoms with Gasteiger partial charge in [-0.3, -0.25) is 9.52 Å². The molecule has 0 aliphatic rings. The Labute approximate surface area is 181 Å². The second-order valence-electron chi connectivity index (χ2n) is 6.73. The van der Waals surface area contributed by atoms with E-state index < -0.39 is 10.0 Å².